The van der Waals surface area contributed by atoms with Crippen LogP contribution in [-0.4, -0.2) is 21.9 Å². The van der Waals surface area contributed by atoms with Crippen molar-refractivity contribution in [3.8, 4) is 0 Å². The molecule has 0 aliphatic carbocycles. The summed E-state index contributed by atoms with van der Waals surface area (Å²) >= 11 is 0. The number of rotatable bonds is 0. The molecule has 19 heavy (non-hydrogen) atoms. The lowest BCUT2D eigenvalue weighted by molar-refractivity contribution is -0.129. The third-order valence-corrected chi connectivity index (χ3v) is 4.28. The van der Waals surface area contributed by atoms with Crippen molar-refractivity contribution in [2.75, 3.05) is 6.54 Å². The highest BCUT2D eigenvalue weighted by molar-refractivity contribution is 5.89. The van der Waals surface area contributed by atoms with Crippen LogP contribution >= 0.6 is 0 Å². The van der Waals surface area contributed by atoms with Crippen molar-refractivity contribution >= 4 is 16.8 Å². The standard InChI is InChI=1S/C16H20N2O/c1-10-7-11(2)16-14(8-10)13-5-6-18(12(3)19)9-15(13)17(16)4/h7-8H,5-6,9H2,1-4H3. The van der Waals surface area contributed by atoms with Crippen LogP contribution in [-0.2, 0) is 24.8 Å². The highest BCUT2D eigenvalue weighted by Gasteiger charge is 2.24. The Labute approximate surface area is 113 Å². The summed E-state index contributed by atoms with van der Waals surface area (Å²) in [5.41, 5.74) is 6.68. The van der Waals surface area contributed by atoms with E-state index < -0.39 is 0 Å². The van der Waals surface area contributed by atoms with Gasteiger partial charge in [-0.1, -0.05) is 11.6 Å². The molecular weight excluding hydrogens is 236 g/mol. The van der Waals surface area contributed by atoms with E-state index in [9.17, 15) is 4.79 Å². The Bertz CT molecular complexity index is 682. The molecule has 1 aromatic carbocycles. The van der Waals surface area contributed by atoms with E-state index in [4.69, 9.17) is 0 Å². The number of carbonyl (C=O) groups excluding carboxylic acids is 1. The Morgan fingerprint density at radius 1 is 1.26 bits per heavy atom. The number of aryl methyl sites for hydroxylation is 3. The topological polar surface area (TPSA) is 25.2 Å². The molecule has 100 valence electrons. The highest BCUT2D eigenvalue weighted by atomic mass is 16.2. The largest absolute Gasteiger partial charge is 0.346 e. The molecule has 3 rings (SSSR count). The van der Waals surface area contributed by atoms with Gasteiger partial charge in [-0.05, 0) is 37.5 Å². The Morgan fingerprint density at radius 2 is 2.00 bits per heavy atom. The molecule has 2 heterocycles. The van der Waals surface area contributed by atoms with E-state index in [0.29, 0.717) is 0 Å². The molecule has 0 saturated heterocycles. The first-order valence-electron chi connectivity index (χ1n) is 6.82. The maximum Gasteiger partial charge on any atom is 0.219 e. The Hall–Kier alpha value is -1.77. The summed E-state index contributed by atoms with van der Waals surface area (Å²) in [6, 6.07) is 4.52. The highest BCUT2D eigenvalue weighted by Crippen LogP contribution is 2.32. The van der Waals surface area contributed by atoms with E-state index in [1.165, 1.54) is 33.3 Å². The Kier molecular flexibility index (Phi) is 2.66. The molecule has 3 nitrogen and oxygen atoms in total. The van der Waals surface area contributed by atoms with E-state index in [1.54, 1.807) is 6.92 Å². The number of carbonyl (C=O) groups is 1. The van der Waals surface area contributed by atoms with Crippen molar-refractivity contribution < 1.29 is 4.79 Å². The van der Waals surface area contributed by atoms with Crippen molar-refractivity contribution in [2.24, 2.45) is 7.05 Å². The summed E-state index contributed by atoms with van der Waals surface area (Å²) in [4.78, 5) is 13.5. The van der Waals surface area contributed by atoms with Gasteiger partial charge in [0.2, 0.25) is 5.91 Å². The predicted molar refractivity (Wildman–Crippen MR) is 77.2 cm³/mol. The van der Waals surface area contributed by atoms with Gasteiger partial charge in [-0.2, -0.15) is 0 Å². The fourth-order valence-corrected chi connectivity index (χ4v) is 3.38. The van der Waals surface area contributed by atoms with Gasteiger partial charge < -0.3 is 9.47 Å². The van der Waals surface area contributed by atoms with Crippen molar-refractivity contribution in [2.45, 2.75) is 33.7 Å². The number of hydrogen-bond donors (Lipinski definition) is 0. The summed E-state index contributed by atoms with van der Waals surface area (Å²) in [6.45, 7) is 7.56. The summed E-state index contributed by atoms with van der Waals surface area (Å²) < 4.78 is 2.27. The van der Waals surface area contributed by atoms with Gasteiger partial charge >= 0.3 is 0 Å². The monoisotopic (exact) mass is 256 g/mol. The molecule has 1 aromatic heterocycles. The number of benzene rings is 1. The van der Waals surface area contributed by atoms with E-state index in [-0.39, 0.29) is 5.91 Å². The third kappa shape index (κ3) is 1.76. The molecule has 1 aliphatic heterocycles. The zero-order valence-corrected chi connectivity index (χ0v) is 12.1. The van der Waals surface area contributed by atoms with Crippen molar-refractivity contribution in [1.29, 1.82) is 0 Å². The lowest BCUT2D eigenvalue weighted by Crippen LogP contribution is -2.34. The van der Waals surface area contributed by atoms with Gasteiger partial charge in [0.05, 0.1) is 12.1 Å². The summed E-state index contributed by atoms with van der Waals surface area (Å²) in [7, 11) is 2.12. The van der Waals surface area contributed by atoms with Crippen LogP contribution in [0.2, 0.25) is 0 Å². The SMILES string of the molecule is CC(=O)N1CCc2c(n(C)c3c(C)cc(C)cc23)C1. The number of aromatic nitrogens is 1. The molecule has 0 radical (unpaired) electrons. The number of fused-ring (bicyclic) bond motifs is 3. The molecule has 0 spiro atoms. The van der Waals surface area contributed by atoms with Crippen LogP contribution in [0, 0.1) is 13.8 Å². The van der Waals surface area contributed by atoms with Gasteiger partial charge in [0.15, 0.2) is 0 Å². The number of nitrogens with zero attached hydrogens (tertiary/aromatic N) is 2. The lowest BCUT2D eigenvalue weighted by atomic mass is 10.0. The van der Waals surface area contributed by atoms with Gasteiger partial charge in [0.1, 0.15) is 0 Å². The van der Waals surface area contributed by atoms with Crippen molar-refractivity contribution in [1.82, 2.24) is 9.47 Å². The van der Waals surface area contributed by atoms with Crippen LogP contribution in [0.4, 0.5) is 0 Å². The minimum atomic E-state index is 0.170. The van der Waals surface area contributed by atoms with Crippen molar-refractivity contribution in [3.63, 3.8) is 0 Å². The molecule has 0 atom stereocenters. The maximum atomic E-state index is 11.6. The molecule has 1 amide bonds. The summed E-state index contributed by atoms with van der Waals surface area (Å²) in [5, 5.41) is 1.37. The lowest BCUT2D eigenvalue weighted by Gasteiger charge is -2.27. The molecule has 0 fully saturated rings. The smallest absolute Gasteiger partial charge is 0.219 e. The normalized spacial score (nSPS) is 14.8. The quantitative estimate of drug-likeness (QED) is 0.711. The molecule has 0 unspecified atom stereocenters. The Balaban J connectivity index is 2.24. The molecular formula is C16H20N2O. The molecule has 0 N–H and O–H groups in total. The average Bonchev–Trinajstić information content (AvgIpc) is 2.62. The molecule has 3 heteroatoms. The molecule has 1 aliphatic rings. The summed E-state index contributed by atoms with van der Waals surface area (Å²) in [5.74, 6) is 0.170. The van der Waals surface area contributed by atoms with Crippen LogP contribution in [0.5, 0.6) is 0 Å². The fourth-order valence-electron chi connectivity index (χ4n) is 3.38. The zero-order chi connectivity index (χ0) is 13.7. The third-order valence-electron chi connectivity index (χ3n) is 4.28. The first-order chi connectivity index (χ1) is 8.99. The minimum Gasteiger partial charge on any atom is -0.346 e. The summed E-state index contributed by atoms with van der Waals surface area (Å²) in [6.07, 6.45) is 0.967. The van der Waals surface area contributed by atoms with Gasteiger partial charge in [0, 0.05) is 31.6 Å². The molecule has 0 bridgehead atoms. The van der Waals surface area contributed by atoms with E-state index in [1.807, 2.05) is 4.90 Å². The van der Waals surface area contributed by atoms with Crippen LogP contribution < -0.4 is 0 Å². The number of hydrogen-bond acceptors (Lipinski definition) is 1. The fraction of sp³-hybridized carbons (Fsp3) is 0.438. The van der Waals surface area contributed by atoms with Gasteiger partial charge in [0.25, 0.3) is 0 Å². The van der Waals surface area contributed by atoms with E-state index >= 15 is 0 Å². The van der Waals surface area contributed by atoms with Gasteiger partial charge in [-0.3, -0.25) is 4.79 Å². The second kappa shape index (κ2) is 4.12. The number of amides is 1. The molecule has 0 saturated carbocycles. The predicted octanol–water partition coefficient (Wildman–Crippen LogP) is 2.70. The van der Waals surface area contributed by atoms with Crippen LogP contribution in [0.25, 0.3) is 10.9 Å². The first kappa shape index (κ1) is 12.3. The van der Waals surface area contributed by atoms with Crippen LogP contribution in [0.15, 0.2) is 12.1 Å². The second-order valence-electron chi connectivity index (χ2n) is 5.65. The minimum absolute atomic E-state index is 0.170. The van der Waals surface area contributed by atoms with Gasteiger partial charge in [-0.15, -0.1) is 0 Å². The maximum absolute atomic E-state index is 11.6. The Morgan fingerprint density at radius 3 is 2.68 bits per heavy atom. The van der Waals surface area contributed by atoms with Gasteiger partial charge in [-0.25, -0.2) is 0 Å². The second-order valence-corrected chi connectivity index (χ2v) is 5.65. The van der Waals surface area contributed by atoms with E-state index in [2.05, 4.69) is 37.6 Å². The molecule has 2 aromatic rings. The van der Waals surface area contributed by atoms with Crippen molar-refractivity contribution in [3.05, 3.63) is 34.5 Å². The first-order valence-corrected chi connectivity index (χ1v) is 6.82. The zero-order valence-electron chi connectivity index (χ0n) is 12.1. The van der Waals surface area contributed by atoms with E-state index in [0.717, 1.165) is 19.5 Å². The van der Waals surface area contributed by atoms with Crippen LogP contribution in [0.1, 0.15) is 29.3 Å². The average molecular weight is 256 g/mol. The van der Waals surface area contributed by atoms with Crippen LogP contribution in [0.3, 0.4) is 0 Å².